The Balaban J connectivity index is 2.22. The lowest BCUT2D eigenvalue weighted by atomic mass is 9.93. The van der Waals surface area contributed by atoms with Crippen molar-refractivity contribution in [2.24, 2.45) is 0 Å². The highest BCUT2D eigenvalue weighted by Crippen LogP contribution is 2.28. The van der Waals surface area contributed by atoms with E-state index in [0.717, 1.165) is 10.7 Å². The van der Waals surface area contributed by atoms with Crippen LogP contribution in [0.5, 0.6) is 0 Å². The topological polar surface area (TPSA) is 30.0 Å². The molecule has 0 saturated heterocycles. The first-order valence-corrected chi connectivity index (χ1v) is 7.84. The van der Waals surface area contributed by atoms with Crippen LogP contribution in [0.2, 0.25) is 10.0 Å². The largest absolute Gasteiger partial charge is 0.294 e. The predicted molar refractivity (Wildman–Crippen MR) is 85.3 cm³/mol. The third-order valence-corrected chi connectivity index (χ3v) is 4.35. The second kappa shape index (κ2) is 5.84. The third-order valence-electron chi connectivity index (χ3n) is 2.87. The predicted octanol–water partition coefficient (Wildman–Crippen LogP) is 5.17. The molecular formula is C15H15Cl2NOS. The average molecular weight is 328 g/mol. The number of aromatic nitrogens is 1. The molecule has 0 N–H and O–H groups in total. The number of carbonyl (C=O) groups excluding carboxylic acids is 1. The smallest absolute Gasteiger partial charge is 0.172 e. The van der Waals surface area contributed by atoms with Gasteiger partial charge in [0.25, 0.3) is 0 Å². The summed E-state index contributed by atoms with van der Waals surface area (Å²) in [5.74, 6) is -0.101. The molecule has 0 aliphatic heterocycles. The zero-order valence-corrected chi connectivity index (χ0v) is 13.9. The number of carbonyl (C=O) groups is 1. The van der Waals surface area contributed by atoms with E-state index in [-0.39, 0.29) is 17.6 Å². The summed E-state index contributed by atoms with van der Waals surface area (Å²) in [6, 6.07) is 5.06. The van der Waals surface area contributed by atoms with Crippen LogP contribution in [0.3, 0.4) is 0 Å². The van der Waals surface area contributed by atoms with Crippen LogP contribution in [0.1, 0.15) is 41.8 Å². The van der Waals surface area contributed by atoms with Gasteiger partial charge < -0.3 is 0 Å². The molecule has 2 rings (SSSR count). The molecule has 0 amide bonds. The van der Waals surface area contributed by atoms with E-state index < -0.39 is 0 Å². The molecule has 1 aromatic heterocycles. The van der Waals surface area contributed by atoms with Crippen molar-refractivity contribution in [1.29, 1.82) is 0 Å². The Morgan fingerprint density at radius 1 is 1.25 bits per heavy atom. The van der Waals surface area contributed by atoms with Crippen LogP contribution in [0.25, 0.3) is 0 Å². The first-order chi connectivity index (χ1) is 9.29. The van der Waals surface area contributed by atoms with Crippen LogP contribution in [0.15, 0.2) is 23.6 Å². The maximum atomic E-state index is 12.3. The number of rotatable bonds is 3. The lowest BCUT2D eigenvalue weighted by Gasteiger charge is -2.14. The lowest BCUT2D eigenvalue weighted by Crippen LogP contribution is -2.12. The van der Waals surface area contributed by atoms with Crippen LogP contribution in [0, 0.1) is 0 Å². The number of Topliss-reactive ketones (excluding diaryl/α,β-unsaturated/α-hetero) is 1. The van der Waals surface area contributed by atoms with Gasteiger partial charge in [-0.15, -0.1) is 11.3 Å². The number of benzene rings is 1. The molecular weight excluding hydrogens is 313 g/mol. The van der Waals surface area contributed by atoms with E-state index in [0.29, 0.717) is 15.6 Å². The van der Waals surface area contributed by atoms with E-state index in [1.54, 1.807) is 18.2 Å². The third kappa shape index (κ3) is 3.40. The number of thiazole rings is 1. The van der Waals surface area contributed by atoms with Gasteiger partial charge in [-0.3, -0.25) is 4.79 Å². The quantitative estimate of drug-likeness (QED) is 0.727. The van der Waals surface area contributed by atoms with Crippen molar-refractivity contribution in [2.75, 3.05) is 0 Å². The number of nitrogens with zero attached hydrogens (tertiary/aromatic N) is 1. The van der Waals surface area contributed by atoms with Gasteiger partial charge in [0.05, 0.1) is 27.7 Å². The molecule has 5 heteroatoms. The fourth-order valence-corrected chi connectivity index (χ4v) is 3.35. The van der Waals surface area contributed by atoms with Crippen LogP contribution in [-0.2, 0) is 11.8 Å². The summed E-state index contributed by atoms with van der Waals surface area (Å²) < 4.78 is 0. The van der Waals surface area contributed by atoms with Gasteiger partial charge in [-0.1, -0.05) is 50.0 Å². The van der Waals surface area contributed by atoms with Crippen molar-refractivity contribution in [1.82, 2.24) is 4.98 Å². The molecule has 0 fully saturated rings. The highest BCUT2D eigenvalue weighted by Gasteiger charge is 2.20. The fraction of sp³-hybridized carbons (Fsp3) is 0.333. The minimum absolute atomic E-state index is 0.0141. The van der Waals surface area contributed by atoms with Crippen molar-refractivity contribution in [3.63, 3.8) is 0 Å². The van der Waals surface area contributed by atoms with Gasteiger partial charge in [0.1, 0.15) is 5.01 Å². The van der Waals surface area contributed by atoms with Crippen molar-refractivity contribution in [3.8, 4) is 0 Å². The van der Waals surface area contributed by atoms with Crippen molar-refractivity contribution < 1.29 is 4.79 Å². The fourth-order valence-electron chi connectivity index (χ4n) is 1.73. The average Bonchev–Trinajstić information content (AvgIpc) is 2.76. The Morgan fingerprint density at radius 3 is 2.35 bits per heavy atom. The molecule has 2 aromatic rings. The normalized spacial score (nSPS) is 11.7. The highest BCUT2D eigenvalue weighted by atomic mass is 35.5. The minimum Gasteiger partial charge on any atom is -0.294 e. The molecule has 0 aliphatic rings. The lowest BCUT2D eigenvalue weighted by molar-refractivity contribution is 0.0993. The first-order valence-electron chi connectivity index (χ1n) is 6.21. The van der Waals surface area contributed by atoms with Gasteiger partial charge in [0, 0.05) is 10.8 Å². The summed E-state index contributed by atoms with van der Waals surface area (Å²) in [4.78, 5) is 16.8. The van der Waals surface area contributed by atoms with Crippen LogP contribution in [0.4, 0.5) is 0 Å². The summed E-state index contributed by atoms with van der Waals surface area (Å²) in [6.07, 6.45) is 0.226. The molecule has 0 atom stereocenters. The van der Waals surface area contributed by atoms with Crippen molar-refractivity contribution >= 4 is 40.3 Å². The van der Waals surface area contributed by atoms with E-state index in [1.165, 1.54) is 11.3 Å². The Hall–Kier alpha value is -0.900. The highest BCUT2D eigenvalue weighted by molar-refractivity contribution is 7.09. The SMILES string of the molecule is CC(C)(C)c1csc(CC(=O)c2c(Cl)cccc2Cl)n1. The minimum atomic E-state index is -0.101. The molecule has 20 heavy (non-hydrogen) atoms. The van der Waals surface area contributed by atoms with Gasteiger partial charge in [-0.25, -0.2) is 4.98 Å². The summed E-state index contributed by atoms with van der Waals surface area (Å²) in [6.45, 7) is 6.29. The molecule has 106 valence electrons. The summed E-state index contributed by atoms with van der Waals surface area (Å²) in [7, 11) is 0. The van der Waals surface area contributed by atoms with E-state index >= 15 is 0 Å². The van der Waals surface area contributed by atoms with Gasteiger partial charge in [0.2, 0.25) is 0 Å². The van der Waals surface area contributed by atoms with Gasteiger partial charge in [-0.05, 0) is 12.1 Å². The number of halogens is 2. The molecule has 0 aliphatic carbocycles. The van der Waals surface area contributed by atoms with E-state index in [1.807, 2.05) is 5.38 Å². The maximum absolute atomic E-state index is 12.3. The summed E-state index contributed by atoms with van der Waals surface area (Å²) >= 11 is 13.6. The molecule has 1 aromatic carbocycles. The Labute approximate surface area is 132 Å². The van der Waals surface area contributed by atoms with E-state index in [9.17, 15) is 4.79 Å². The van der Waals surface area contributed by atoms with E-state index in [2.05, 4.69) is 25.8 Å². The Morgan fingerprint density at radius 2 is 1.85 bits per heavy atom. The van der Waals surface area contributed by atoms with Gasteiger partial charge >= 0.3 is 0 Å². The molecule has 1 heterocycles. The number of hydrogen-bond acceptors (Lipinski definition) is 3. The summed E-state index contributed by atoms with van der Waals surface area (Å²) in [5, 5.41) is 3.55. The molecule has 0 bridgehead atoms. The number of hydrogen-bond donors (Lipinski definition) is 0. The van der Waals surface area contributed by atoms with Crippen molar-refractivity contribution in [2.45, 2.75) is 32.6 Å². The van der Waals surface area contributed by atoms with Gasteiger partial charge in [0.15, 0.2) is 5.78 Å². The zero-order valence-electron chi connectivity index (χ0n) is 11.5. The van der Waals surface area contributed by atoms with Crippen LogP contribution < -0.4 is 0 Å². The second-order valence-corrected chi connectivity index (χ2v) is 7.33. The van der Waals surface area contributed by atoms with E-state index in [4.69, 9.17) is 23.2 Å². The molecule has 0 saturated carbocycles. The van der Waals surface area contributed by atoms with Crippen molar-refractivity contribution in [3.05, 3.63) is 49.9 Å². The Kier molecular flexibility index (Phi) is 4.52. The molecule has 0 radical (unpaired) electrons. The first kappa shape index (κ1) is 15.5. The second-order valence-electron chi connectivity index (χ2n) is 5.57. The standard InChI is InChI=1S/C15H15Cl2NOS/c1-15(2,3)12-8-20-13(18-12)7-11(19)14-9(16)5-4-6-10(14)17/h4-6,8H,7H2,1-3H3. The maximum Gasteiger partial charge on any atom is 0.172 e. The molecule has 0 spiro atoms. The van der Waals surface area contributed by atoms with Crippen LogP contribution >= 0.6 is 34.5 Å². The van der Waals surface area contributed by atoms with Crippen LogP contribution in [-0.4, -0.2) is 10.8 Å². The number of ketones is 1. The molecule has 0 unspecified atom stereocenters. The monoisotopic (exact) mass is 327 g/mol. The Bertz CT molecular complexity index is 623. The zero-order chi connectivity index (χ0) is 14.9. The summed E-state index contributed by atoms with van der Waals surface area (Å²) in [5.41, 5.74) is 1.36. The molecule has 2 nitrogen and oxygen atoms in total. The van der Waals surface area contributed by atoms with Gasteiger partial charge in [-0.2, -0.15) is 0 Å².